The van der Waals surface area contributed by atoms with E-state index in [-0.39, 0.29) is 34.9 Å². The quantitative estimate of drug-likeness (QED) is 0.504. The second-order valence-corrected chi connectivity index (χ2v) is 9.56. The van der Waals surface area contributed by atoms with Gasteiger partial charge in [-0.1, -0.05) is 0 Å². The molecule has 3 aliphatic rings. The first-order chi connectivity index (χ1) is 15.4. The minimum Gasteiger partial charge on any atom is -0.381 e. The predicted octanol–water partition coefficient (Wildman–Crippen LogP) is 3.35. The molecular formula is C22H34N6O4. The number of likely N-dealkylation sites (tertiary alicyclic amines) is 1. The molecule has 1 saturated carbocycles. The number of carbonyl (C=O) groups excluding carboxylic acids is 1. The van der Waals surface area contributed by atoms with Crippen molar-refractivity contribution in [3.05, 3.63) is 16.3 Å². The molecule has 0 bridgehead atoms. The number of anilines is 2. The van der Waals surface area contributed by atoms with Crippen molar-refractivity contribution >= 4 is 23.4 Å². The normalized spacial score (nSPS) is 25.7. The summed E-state index contributed by atoms with van der Waals surface area (Å²) in [6.07, 6.45) is 9.52. The SMILES string of the molecule is CC1(Nc2ncc([N+](=O)[O-])c(NC3CCC(C(=O)N4CCCCC4)CC3)n2)CCOCC1. The Hall–Kier alpha value is -2.49. The number of nitrogens with one attached hydrogen (secondary N) is 2. The largest absolute Gasteiger partial charge is 0.381 e. The van der Waals surface area contributed by atoms with Gasteiger partial charge in [-0.2, -0.15) is 4.98 Å². The van der Waals surface area contributed by atoms with E-state index in [4.69, 9.17) is 4.74 Å². The number of carbonyl (C=O) groups is 1. The van der Waals surface area contributed by atoms with Gasteiger partial charge in [0.2, 0.25) is 17.7 Å². The minimum atomic E-state index is -0.451. The first kappa shape index (κ1) is 22.7. The van der Waals surface area contributed by atoms with Crippen LogP contribution in [0.3, 0.4) is 0 Å². The van der Waals surface area contributed by atoms with Gasteiger partial charge in [0.25, 0.3) is 0 Å². The zero-order chi connectivity index (χ0) is 22.6. The number of hydrogen-bond donors (Lipinski definition) is 2. The minimum absolute atomic E-state index is 0.0560. The second-order valence-electron chi connectivity index (χ2n) is 9.56. The Labute approximate surface area is 188 Å². The molecule has 0 aromatic carbocycles. The van der Waals surface area contributed by atoms with E-state index in [0.29, 0.717) is 19.2 Å². The van der Waals surface area contributed by atoms with Crippen molar-refractivity contribution in [3.63, 3.8) is 0 Å². The van der Waals surface area contributed by atoms with Crippen LogP contribution in [0.5, 0.6) is 0 Å². The van der Waals surface area contributed by atoms with Crippen LogP contribution in [-0.4, -0.2) is 63.6 Å². The molecule has 2 N–H and O–H groups in total. The molecule has 10 nitrogen and oxygen atoms in total. The molecule has 3 heterocycles. The lowest BCUT2D eigenvalue weighted by Crippen LogP contribution is -2.42. The maximum absolute atomic E-state index is 12.8. The highest BCUT2D eigenvalue weighted by Crippen LogP contribution is 2.32. The molecule has 4 rings (SSSR count). The Morgan fingerprint density at radius 3 is 2.53 bits per heavy atom. The Kier molecular flexibility index (Phi) is 7.07. The lowest BCUT2D eigenvalue weighted by Gasteiger charge is -2.35. The highest BCUT2D eigenvalue weighted by molar-refractivity contribution is 5.79. The average molecular weight is 447 g/mol. The number of amides is 1. The number of nitro groups is 1. The van der Waals surface area contributed by atoms with Crippen LogP contribution in [0.4, 0.5) is 17.5 Å². The molecule has 32 heavy (non-hydrogen) atoms. The molecule has 2 aliphatic heterocycles. The van der Waals surface area contributed by atoms with Gasteiger partial charge in [-0.15, -0.1) is 0 Å². The first-order valence-electron chi connectivity index (χ1n) is 11.9. The van der Waals surface area contributed by atoms with Crippen molar-refractivity contribution in [2.75, 3.05) is 36.9 Å². The maximum atomic E-state index is 12.8. The summed E-state index contributed by atoms with van der Waals surface area (Å²) in [4.78, 5) is 34.6. The van der Waals surface area contributed by atoms with Gasteiger partial charge in [-0.3, -0.25) is 14.9 Å². The maximum Gasteiger partial charge on any atom is 0.329 e. The third-order valence-corrected chi connectivity index (χ3v) is 7.06. The Morgan fingerprint density at radius 1 is 1.19 bits per heavy atom. The molecule has 1 amide bonds. The van der Waals surface area contributed by atoms with Crippen LogP contribution in [0.15, 0.2) is 6.20 Å². The van der Waals surface area contributed by atoms with E-state index in [1.165, 1.54) is 12.6 Å². The fraction of sp³-hybridized carbons (Fsp3) is 0.773. The summed E-state index contributed by atoms with van der Waals surface area (Å²) < 4.78 is 5.43. The van der Waals surface area contributed by atoms with Crippen LogP contribution >= 0.6 is 0 Å². The third-order valence-electron chi connectivity index (χ3n) is 7.06. The molecule has 1 aliphatic carbocycles. The summed E-state index contributed by atoms with van der Waals surface area (Å²) in [5.41, 5.74) is -0.322. The van der Waals surface area contributed by atoms with Crippen LogP contribution in [0, 0.1) is 16.0 Å². The molecule has 10 heteroatoms. The fourth-order valence-electron chi connectivity index (χ4n) is 4.94. The van der Waals surface area contributed by atoms with Crippen molar-refractivity contribution in [3.8, 4) is 0 Å². The third kappa shape index (κ3) is 5.46. The number of hydrogen-bond acceptors (Lipinski definition) is 8. The van der Waals surface area contributed by atoms with E-state index in [1.54, 1.807) is 0 Å². The Bertz CT molecular complexity index is 815. The molecule has 0 spiro atoms. The average Bonchev–Trinajstić information content (AvgIpc) is 2.80. The zero-order valence-corrected chi connectivity index (χ0v) is 18.8. The summed E-state index contributed by atoms with van der Waals surface area (Å²) in [6.45, 7) is 5.19. The Morgan fingerprint density at radius 2 is 1.88 bits per heavy atom. The van der Waals surface area contributed by atoms with Crippen LogP contribution in [-0.2, 0) is 9.53 Å². The second kappa shape index (κ2) is 9.97. The first-order valence-corrected chi connectivity index (χ1v) is 11.9. The van der Waals surface area contributed by atoms with Gasteiger partial charge < -0.3 is 20.3 Å². The summed E-state index contributed by atoms with van der Waals surface area (Å²) >= 11 is 0. The summed E-state index contributed by atoms with van der Waals surface area (Å²) in [7, 11) is 0. The van der Waals surface area contributed by atoms with Gasteiger partial charge in [0.1, 0.15) is 6.20 Å². The smallest absolute Gasteiger partial charge is 0.329 e. The van der Waals surface area contributed by atoms with Crippen molar-refractivity contribution in [2.45, 2.75) is 76.3 Å². The highest BCUT2D eigenvalue weighted by Gasteiger charge is 2.32. The van der Waals surface area contributed by atoms with Crippen molar-refractivity contribution in [1.82, 2.24) is 14.9 Å². The van der Waals surface area contributed by atoms with Gasteiger partial charge >= 0.3 is 5.69 Å². The summed E-state index contributed by atoms with van der Waals surface area (Å²) in [5.74, 6) is 0.981. The van der Waals surface area contributed by atoms with E-state index in [9.17, 15) is 14.9 Å². The Balaban J connectivity index is 1.38. The fourth-order valence-corrected chi connectivity index (χ4v) is 4.94. The monoisotopic (exact) mass is 446 g/mol. The van der Waals surface area contributed by atoms with Crippen molar-refractivity contribution in [2.24, 2.45) is 5.92 Å². The standard InChI is InChI=1S/C22H34N6O4/c1-22(9-13-32-14-10-22)26-21-23-15-18(28(30)31)19(25-21)24-17-7-5-16(6-8-17)20(29)27-11-3-2-4-12-27/h15-17H,2-14H2,1H3,(H2,23,24,25,26). The molecule has 2 saturated heterocycles. The van der Waals surface area contributed by atoms with Crippen LogP contribution in [0.2, 0.25) is 0 Å². The highest BCUT2D eigenvalue weighted by atomic mass is 16.6. The molecule has 0 radical (unpaired) electrons. The van der Waals surface area contributed by atoms with Gasteiger partial charge in [0, 0.05) is 43.8 Å². The van der Waals surface area contributed by atoms with E-state index in [2.05, 4.69) is 27.5 Å². The number of rotatable bonds is 6. The van der Waals surface area contributed by atoms with E-state index < -0.39 is 4.92 Å². The molecule has 1 aromatic heterocycles. The molecule has 0 unspecified atom stereocenters. The van der Waals surface area contributed by atoms with Crippen LogP contribution in [0.25, 0.3) is 0 Å². The van der Waals surface area contributed by atoms with Crippen molar-refractivity contribution < 1.29 is 14.5 Å². The van der Waals surface area contributed by atoms with Gasteiger partial charge in [0.15, 0.2) is 0 Å². The summed E-state index contributed by atoms with van der Waals surface area (Å²) in [5, 5.41) is 18.2. The molecule has 1 aromatic rings. The predicted molar refractivity (Wildman–Crippen MR) is 121 cm³/mol. The lowest BCUT2D eigenvalue weighted by molar-refractivity contribution is -0.384. The lowest BCUT2D eigenvalue weighted by atomic mass is 9.84. The van der Waals surface area contributed by atoms with Gasteiger partial charge in [0.05, 0.1) is 4.92 Å². The van der Waals surface area contributed by atoms with E-state index in [0.717, 1.165) is 64.5 Å². The van der Waals surface area contributed by atoms with Crippen LogP contribution < -0.4 is 10.6 Å². The molecule has 3 fully saturated rings. The zero-order valence-electron chi connectivity index (χ0n) is 18.8. The van der Waals surface area contributed by atoms with E-state index >= 15 is 0 Å². The summed E-state index contributed by atoms with van der Waals surface area (Å²) in [6, 6.07) is 0.0560. The van der Waals surface area contributed by atoms with E-state index in [1.807, 2.05) is 4.90 Å². The van der Waals surface area contributed by atoms with Crippen molar-refractivity contribution in [1.29, 1.82) is 0 Å². The number of nitrogens with zero attached hydrogens (tertiary/aromatic N) is 4. The topological polar surface area (TPSA) is 123 Å². The molecular weight excluding hydrogens is 412 g/mol. The van der Waals surface area contributed by atoms with Gasteiger partial charge in [-0.05, 0) is 64.7 Å². The number of ether oxygens (including phenoxy) is 1. The number of piperidine rings is 1. The van der Waals surface area contributed by atoms with Gasteiger partial charge in [-0.25, -0.2) is 4.98 Å². The number of aromatic nitrogens is 2. The van der Waals surface area contributed by atoms with Crippen LogP contribution in [0.1, 0.15) is 64.7 Å². The molecule has 176 valence electrons. The molecule has 0 atom stereocenters.